The van der Waals surface area contributed by atoms with E-state index in [9.17, 15) is 4.79 Å². The highest BCUT2D eigenvalue weighted by Gasteiger charge is 2.23. The minimum Gasteiger partial charge on any atom is -0.360 e. The Morgan fingerprint density at radius 2 is 2.09 bits per heavy atom. The Bertz CT molecular complexity index is 760. The molecule has 3 rings (SSSR count). The first-order chi connectivity index (χ1) is 10.7. The Labute approximate surface area is 134 Å². The van der Waals surface area contributed by atoms with Crippen molar-refractivity contribution in [1.82, 2.24) is 9.88 Å². The summed E-state index contributed by atoms with van der Waals surface area (Å²) in [5.41, 5.74) is 1.80. The molecule has 0 saturated heterocycles. The van der Waals surface area contributed by atoms with E-state index in [1.807, 2.05) is 37.4 Å². The lowest BCUT2D eigenvalue weighted by Gasteiger charge is -2.26. The molecule has 0 aliphatic carbocycles. The van der Waals surface area contributed by atoms with Gasteiger partial charge in [0.05, 0.1) is 6.04 Å². The molecule has 1 atom stereocenters. The van der Waals surface area contributed by atoms with E-state index >= 15 is 0 Å². The third-order valence-corrected chi connectivity index (χ3v) is 4.99. The maximum Gasteiger partial charge on any atom is 0.181 e. The first-order valence-electron chi connectivity index (χ1n) is 7.57. The van der Waals surface area contributed by atoms with Gasteiger partial charge in [-0.25, -0.2) is 0 Å². The number of carbonyl (C=O) groups is 1. The molecule has 0 saturated carbocycles. The zero-order chi connectivity index (χ0) is 15.5. The molecule has 1 aromatic carbocycles. The van der Waals surface area contributed by atoms with Gasteiger partial charge in [0.25, 0.3) is 0 Å². The number of aromatic amines is 1. The van der Waals surface area contributed by atoms with Crippen molar-refractivity contribution in [2.45, 2.75) is 26.4 Å². The quantitative estimate of drug-likeness (QED) is 0.688. The summed E-state index contributed by atoms with van der Waals surface area (Å²) < 4.78 is 0. The molecule has 0 aliphatic heterocycles. The molecule has 0 radical (unpaired) electrons. The number of fused-ring (bicyclic) bond motifs is 1. The van der Waals surface area contributed by atoms with Gasteiger partial charge < -0.3 is 4.98 Å². The van der Waals surface area contributed by atoms with Gasteiger partial charge >= 0.3 is 0 Å². The smallest absolute Gasteiger partial charge is 0.181 e. The number of ketones is 1. The number of Topliss-reactive ketones (excluding diaryl/α,β-unsaturated/α-hetero) is 1. The fourth-order valence-corrected chi connectivity index (χ4v) is 3.52. The fraction of sp³-hybridized carbons (Fsp3) is 0.278. The molecular weight excluding hydrogens is 292 g/mol. The monoisotopic (exact) mass is 312 g/mol. The third kappa shape index (κ3) is 2.85. The van der Waals surface area contributed by atoms with E-state index in [0.29, 0.717) is 0 Å². The molecule has 0 amide bonds. The maximum absolute atomic E-state index is 12.9. The summed E-state index contributed by atoms with van der Waals surface area (Å²) in [6.45, 7) is 5.78. The summed E-state index contributed by atoms with van der Waals surface area (Å²) in [6.07, 6.45) is 1.84. The van der Waals surface area contributed by atoms with Crippen LogP contribution < -0.4 is 0 Å². The third-order valence-electron chi connectivity index (χ3n) is 4.13. The molecule has 2 aromatic heterocycles. The van der Waals surface area contributed by atoms with Gasteiger partial charge in [-0.15, -0.1) is 11.3 Å². The Hall–Kier alpha value is -1.91. The van der Waals surface area contributed by atoms with Crippen LogP contribution in [0.15, 0.2) is 48.0 Å². The first kappa shape index (κ1) is 15.0. The van der Waals surface area contributed by atoms with Crippen LogP contribution in [0.4, 0.5) is 0 Å². The molecule has 1 N–H and O–H groups in total. The predicted molar refractivity (Wildman–Crippen MR) is 92.5 cm³/mol. The summed E-state index contributed by atoms with van der Waals surface area (Å²) in [4.78, 5) is 19.6. The van der Waals surface area contributed by atoms with E-state index in [1.165, 1.54) is 4.88 Å². The lowest BCUT2D eigenvalue weighted by Crippen LogP contribution is -2.38. The fourth-order valence-electron chi connectivity index (χ4n) is 2.79. The number of nitrogens with one attached hydrogen (secondary N) is 1. The zero-order valence-corrected chi connectivity index (χ0v) is 13.7. The Morgan fingerprint density at radius 1 is 1.27 bits per heavy atom. The molecule has 2 heterocycles. The summed E-state index contributed by atoms with van der Waals surface area (Å²) >= 11 is 1.74. The molecule has 0 aliphatic rings. The second-order valence-corrected chi connectivity index (χ2v) is 6.46. The Kier molecular flexibility index (Phi) is 4.41. The van der Waals surface area contributed by atoms with Crippen molar-refractivity contribution in [1.29, 1.82) is 0 Å². The molecular formula is C18H20N2OS. The average molecular weight is 312 g/mol. The van der Waals surface area contributed by atoms with Crippen molar-refractivity contribution in [2.24, 2.45) is 0 Å². The highest BCUT2D eigenvalue weighted by atomic mass is 32.1. The minimum absolute atomic E-state index is 0.133. The van der Waals surface area contributed by atoms with Crippen LogP contribution in [-0.4, -0.2) is 28.3 Å². The molecule has 114 valence electrons. The summed E-state index contributed by atoms with van der Waals surface area (Å²) in [7, 11) is 0. The second-order valence-electron chi connectivity index (χ2n) is 5.43. The first-order valence-corrected chi connectivity index (χ1v) is 8.45. The van der Waals surface area contributed by atoms with E-state index in [4.69, 9.17) is 0 Å². The van der Waals surface area contributed by atoms with Gasteiger partial charge in [-0.05, 0) is 31.0 Å². The average Bonchev–Trinajstić information content (AvgIpc) is 3.20. The summed E-state index contributed by atoms with van der Waals surface area (Å²) in [5, 5.41) is 3.08. The number of nitrogens with zero attached hydrogens (tertiary/aromatic N) is 1. The van der Waals surface area contributed by atoms with E-state index < -0.39 is 0 Å². The lowest BCUT2D eigenvalue weighted by atomic mass is 10.0. The van der Waals surface area contributed by atoms with Gasteiger partial charge in [0.15, 0.2) is 5.78 Å². The van der Waals surface area contributed by atoms with Crippen LogP contribution in [0.3, 0.4) is 0 Å². The van der Waals surface area contributed by atoms with Gasteiger partial charge in [0.1, 0.15) is 0 Å². The SMILES string of the molecule is CCN(Cc1cccs1)[C@H](C)C(=O)c1c[nH]c2ccccc12. The van der Waals surface area contributed by atoms with E-state index in [-0.39, 0.29) is 11.8 Å². The van der Waals surface area contributed by atoms with Crippen LogP contribution in [0.25, 0.3) is 10.9 Å². The maximum atomic E-state index is 12.9. The topological polar surface area (TPSA) is 36.1 Å². The van der Waals surface area contributed by atoms with Crippen molar-refractivity contribution >= 4 is 28.0 Å². The number of benzene rings is 1. The lowest BCUT2D eigenvalue weighted by molar-refractivity contribution is 0.0838. The van der Waals surface area contributed by atoms with Gasteiger partial charge in [-0.1, -0.05) is 31.2 Å². The van der Waals surface area contributed by atoms with Crippen molar-refractivity contribution in [3.8, 4) is 0 Å². The molecule has 0 fully saturated rings. The van der Waals surface area contributed by atoms with Crippen LogP contribution in [0.1, 0.15) is 29.1 Å². The highest BCUT2D eigenvalue weighted by Crippen LogP contribution is 2.22. The van der Waals surface area contributed by atoms with Gasteiger partial charge in [-0.3, -0.25) is 9.69 Å². The number of hydrogen-bond donors (Lipinski definition) is 1. The molecule has 22 heavy (non-hydrogen) atoms. The number of thiophene rings is 1. The molecule has 3 nitrogen and oxygen atoms in total. The minimum atomic E-state index is -0.133. The van der Waals surface area contributed by atoms with Crippen LogP contribution in [0, 0.1) is 0 Å². The van der Waals surface area contributed by atoms with E-state index in [2.05, 4.69) is 34.3 Å². The number of likely N-dealkylation sites (N-methyl/N-ethyl adjacent to an activating group) is 1. The zero-order valence-electron chi connectivity index (χ0n) is 12.9. The van der Waals surface area contributed by atoms with Gasteiger partial charge in [-0.2, -0.15) is 0 Å². The number of H-pyrrole nitrogens is 1. The largest absolute Gasteiger partial charge is 0.360 e. The van der Waals surface area contributed by atoms with E-state index in [0.717, 1.165) is 29.6 Å². The van der Waals surface area contributed by atoms with E-state index in [1.54, 1.807) is 11.3 Å². The standard InChI is InChI=1S/C18H20N2OS/c1-3-20(12-14-7-6-10-22-14)13(2)18(21)16-11-19-17-9-5-4-8-15(16)17/h4-11,13,19H,3,12H2,1-2H3/t13-/m1/s1. The van der Waals surface area contributed by atoms with Crippen molar-refractivity contribution in [3.05, 3.63) is 58.4 Å². The molecule has 0 spiro atoms. The molecule has 0 unspecified atom stereocenters. The number of hydrogen-bond acceptors (Lipinski definition) is 3. The Morgan fingerprint density at radius 3 is 2.82 bits per heavy atom. The molecule has 3 aromatic rings. The van der Waals surface area contributed by atoms with Crippen LogP contribution >= 0.6 is 11.3 Å². The van der Waals surface area contributed by atoms with Crippen LogP contribution in [0.2, 0.25) is 0 Å². The number of aromatic nitrogens is 1. The van der Waals surface area contributed by atoms with Gasteiger partial charge in [0.2, 0.25) is 0 Å². The number of rotatable bonds is 6. The van der Waals surface area contributed by atoms with Crippen molar-refractivity contribution < 1.29 is 4.79 Å². The normalized spacial score (nSPS) is 12.9. The molecule has 4 heteroatoms. The Balaban J connectivity index is 1.83. The number of carbonyl (C=O) groups excluding carboxylic acids is 1. The summed E-state index contributed by atoms with van der Waals surface area (Å²) in [5.74, 6) is 0.177. The predicted octanol–water partition coefficient (Wildman–Crippen LogP) is 4.32. The van der Waals surface area contributed by atoms with Gasteiger partial charge in [0, 0.05) is 34.1 Å². The van der Waals surface area contributed by atoms with Crippen molar-refractivity contribution in [2.75, 3.05) is 6.54 Å². The second kappa shape index (κ2) is 6.46. The molecule has 0 bridgehead atoms. The van der Waals surface area contributed by atoms with Crippen molar-refractivity contribution in [3.63, 3.8) is 0 Å². The van der Waals surface area contributed by atoms with Crippen LogP contribution in [0.5, 0.6) is 0 Å². The number of para-hydroxylation sites is 1. The summed E-state index contributed by atoms with van der Waals surface area (Å²) in [6, 6.07) is 12.0. The highest BCUT2D eigenvalue weighted by molar-refractivity contribution is 7.09. The van der Waals surface area contributed by atoms with Crippen LogP contribution in [-0.2, 0) is 6.54 Å².